The van der Waals surface area contributed by atoms with Crippen LogP contribution in [0.25, 0.3) is 0 Å². The lowest BCUT2D eigenvalue weighted by Crippen LogP contribution is -2.30. The van der Waals surface area contributed by atoms with E-state index in [2.05, 4.69) is 22.7 Å². The summed E-state index contributed by atoms with van der Waals surface area (Å²) < 4.78 is 1.77. The third kappa shape index (κ3) is 3.35. The van der Waals surface area contributed by atoms with Gasteiger partial charge in [-0.1, -0.05) is 6.92 Å². The Morgan fingerprint density at radius 1 is 1.47 bits per heavy atom. The molecule has 5 nitrogen and oxygen atoms in total. The first kappa shape index (κ1) is 14.1. The predicted molar refractivity (Wildman–Crippen MR) is 76.2 cm³/mol. The maximum absolute atomic E-state index is 12.1. The molecule has 0 radical (unpaired) electrons. The van der Waals surface area contributed by atoms with Crippen LogP contribution in [-0.4, -0.2) is 28.8 Å². The average molecular weight is 264 g/mol. The molecule has 0 bridgehead atoms. The summed E-state index contributed by atoms with van der Waals surface area (Å²) in [7, 11) is 1.88. The van der Waals surface area contributed by atoms with Crippen LogP contribution >= 0.6 is 0 Å². The molecule has 5 heteroatoms. The van der Waals surface area contributed by atoms with E-state index in [1.807, 2.05) is 14.0 Å². The summed E-state index contributed by atoms with van der Waals surface area (Å²) in [5.74, 6) is 1.47. The van der Waals surface area contributed by atoms with Gasteiger partial charge < -0.3 is 10.6 Å². The Balaban J connectivity index is 1.96. The molecule has 0 saturated carbocycles. The third-order valence-corrected chi connectivity index (χ3v) is 3.91. The second kappa shape index (κ2) is 6.19. The Kier molecular flexibility index (Phi) is 4.58. The summed E-state index contributed by atoms with van der Waals surface area (Å²) in [6.07, 6.45) is 3.70. The molecule has 0 unspecified atom stereocenters. The van der Waals surface area contributed by atoms with Gasteiger partial charge in [0, 0.05) is 19.0 Å². The van der Waals surface area contributed by atoms with Crippen LogP contribution in [0.4, 0.5) is 5.82 Å². The molecule has 1 amide bonds. The Labute approximate surface area is 114 Å². The van der Waals surface area contributed by atoms with Crippen LogP contribution in [0.3, 0.4) is 0 Å². The van der Waals surface area contributed by atoms with Crippen molar-refractivity contribution in [3.63, 3.8) is 0 Å². The molecule has 1 aliphatic rings. The van der Waals surface area contributed by atoms with Gasteiger partial charge in [0.15, 0.2) is 0 Å². The number of aryl methyl sites for hydroxylation is 2. The van der Waals surface area contributed by atoms with Gasteiger partial charge in [0.1, 0.15) is 5.82 Å². The summed E-state index contributed by atoms with van der Waals surface area (Å²) in [5.41, 5.74) is 2.14. The highest BCUT2D eigenvalue weighted by Gasteiger charge is 2.19. The first-order valence-corrected chi connectivity index (χ1v) is 7.14. The standard InChI is InChI=1S/C14H24N4O/c1-4-12-10(2)14(18(3)17-12)16-13(19)9-11-5-7-15-8-6-11/h11,15H,4-9H2,1-3H3,(H,16,19). The largest absolute Gasteiger partial charge is 0.317 e. The summed E-state index contributed by atoms with van der Waals surface area (Å²) in [4.78, 5) is 12.1. The Hall–Kier alpha value is -1.36. The fourth-order valence-electron chi connectivity index (χ4n) is 2.73. The molecule has 2 heterocycles. The van der Waals surface area contributed by atoms with Gasteiger partial charge in [-0.3, -0.25) is 9.48 Å². The molecule has 1 fully saturated rings. The Morgan fingerprint density at radius 3 is 2.74 bits per heavy atom. The molecule has 0 atom stereocenters. The van der Waals surface area contributed by atoms with Crippen LogP contribution in [0.15, 0.2) is 0 Å². The van der Waals surface area contributed by atoms with Crippen molar-refractivity contribution in [1.82, 2.24) is 15.1 Å². The number of nitrogens with one attached hydrogen (secondary N) is 2. The van der Waals surface area contributed by atoms with E-state index in [0.29, 0.717) is 12.3 Å². The van der Waals surface area contributed by atoms with Gasteiger partial charge in [0.2, 0.25) is 5.91 Å². The average Bonchev–Trinajstić information content (AvgIpc) is 2.67. The number of hydrogen-bond acceptors (Lipinski definition) is 3. The van der Waals surface area contributed by atoms with Crippen LogP contribution in [-0.2, 0) is 18.3 Å². The zero-order chi connectivity index (χ0) is 13.8. The van der Waals surface area contributed by atoms with Gasteiger partial charge in [-0.2, -0.15) is 5.10 Å². The molecule has 1 aromatic heterocycles. The number of aromatic nitrogens is 2. The van der Waals surface area contributed by atoms with Crippen molar-refractivity contribution < 1.29 is 4.79 Å². The normalized spacial score (nSPS) is 16.6. The summed E-state index contributed by atoms with van der Waals surface area (Å²) in [5, 5.41) is 10.8. The second-order valence-corrected chi connectivity index (χ2v) is 5.34. The van der Waals surface area contributed by atoms with E-state index < -0.39 is 0 Å². The molecule has 1 saturated heterocycles. The molecular formula is C14H24N4O. The van der Waals surface area contributed by atoms with E-state index >= 15 is 0 Å². The molecule has 0 aliphatic carbocycles. The lowest BCUT2D eigenvalue weighted by Gasteiger charge is -2.22. The fourth-order valence-corrected chi connectivity index (χ4v) is 2.73. The lowest BCUT2D eigenvalue weighted by atomic mass is 9.94. The number of carbonyl (C=O) groups excluding carboxylic acids is 1. The monoisotopic (exact) mass is 264 g/mol. The molecule has 1 aromatic rings. The van der Waals surface area contributed by atoms with E-state index in [0.717, 1.165) is 49.4 Å². The highest BCUT2D eigenvalue weighted by molar-refractivity contribution is 5.90. The Morgan fingerprint density at radius 2 is 2.16 bits per heavy atom. The second-order valence-electron chi connectivity index (χ2n) is 5.34. The minimum Gasteiger partial charge on any atom is -0.317 e. The molecule has 19 heavy (non-hydrogen) atoms. The number of nitrogens with zero attached hydrogens (tertiary/aromatic N) is 2. The summed E-state index contributed by atoms with van der Waals surface area (Å²) in [6.45, 7) is 6.16. The van der Waals surface area contributed by atoms with Gasteiger partial charge in [0.05, 0.1) is 5.69 Å². The van der Waals surface area contributed by atoms with Gasteiger partial charge >= 0.3 is 0 Å². The van der Waals surface area contributed by atoms with Gasteiger partial charge in [-0.15, -0.1) is 0 Å². The smallest absolute Gasteiger partial charge is 0.225 e. The highest BCUT2D eigenvalue weighted by atomic mass is 16.1. The van der Waals surface area contributed by atoms with Gasteiger partial charge in [-0.05, 0) is 45.2 Å². The van der Waals surface area contributed by atoms with Gasteiger partial charge in [-0.25, -0.2) is 0 Å². The van der Waals surface area contributed by atoms with Crippen molar-refractivity contribution in [2.75, 3.05) is 18.4 Å². The lowest BCUT2D eigenvalue weighted by molar-refractivity contribution is -0.117. The quantitative estimate of drug-likeness (QED) is 0.869. The molecular weight excluding hydrogens is 240 g/mol. The number of anilines is 1. The fraction of sp³-hybridized carbons (Fsp3) is 0.714. The van der Waals surface area contributed by atoms with Crippen LogP contribution in [0, 0.1) is 12.8 Å². The molecule has 0 spiro atoms. The minimum atomic E-state index is 0.112. The first-order valence-electron chi connectivity index (χ1n) is 7.14. The maximum atomic E-state index is 12.1. The highest BCUT2D eigenvalue weighted by Crippen LogP contribution is 2.21. The van der Waals surface area contributed by atoms with Crippen molar-refractivity contribution >= 4 is 11.7 Å². The number of piperidine rings is 1. The number of hydrogen-bond donors (Lipinski definition) is 2. The summed E-state index contributed by atoms with van der Waals surface area (Å²) >= 11 is 0. The molecule has 1 aliphatic heterocycles. The number of rotatable bonds is 4. The Bertz CT molecular complexity index is 447. The zero-order valence-electron chi connectivity index (χ0n) is 12.1. The topological polar surface area (TPSA) is 59.0 Å². The number of amides is 1. The molecule has 2 N–H and O–H groups in total. The van der Waals surface area contributed by atoms with Crippen molar-refractivity contribution in [3.8, 4) is 0 Å². The van der Waals surface area contributed by atoms with Crippen molar-refractivity contribution in [2.45, 2.75) is 39.5 Å². The SMILES string of the molecule is CCc1nn(C)c(NC(=O)CC2CCNCC2)c1C. The molecule has 106 valence electrons. The maximum Gasteiger partial charge on any atom is 0.225 e. The van der Waals surface area contributed by atoms with Crippen LogP contribution in [0.2, 0.25) is 0 Å². The zero-order valence-corrected chi connectivity index (χ0v) is 12.1. The van der Waals surface area contributed by atoms with E-state index in [1.165, 1.54) is 0 Å². The number of carbonyl (C=O) groups is 1. The minimum absolute atomic E-state index is 0.112. The van der Waals surface area contributed by atoms with E-state index in [-0.39, 0.29) is 5.91 Å². The first-order chi connectivity index (χ1) is 9.11. The third-order valence-electron chi connectivity index (χ3n) is 3.91. The van der Waals surface area contributed by atoms with Crippen molar-refractivity contribution in [3.05, 3.63) is 11.3 Å². The van der Waals surface area contributed by atoms with Crippen LogP contribution in [0.1, 0.15) is 37.4 Å². The van der Waals surface area contributed by atoms with Crippen LogP contribution in [0.5, 0.6) is 0 Å². The van der Waals surface area contributed by atoms with Crippen molar-refractivity contribution in [1.29, 1.82) is 0 Å². The van der Waals surface area contributed by atoms with E-state index in [1.54, 1.807) is 4.68 Å². The predicted octanol–water partition coefficient (Wildman–Crippen LogP) is 1.62. The molecule has 0 aromatic carbocycles. The summed E-state index contributed by atoms with van der Waals surface area (Å²) in [6, 6.07) is 0. The molecule has 2 rings (SSSR count). The van der Waals surface area contributed by atoms with E-state index in [4.69, 9.17) is 0 Å². The van der Waals surface area contributed by atoms with E-state index in [9.17, 15) is 4.79 Å². The van der Waals surface area contributed by atoms with Crippen LogP contribution < -0.4 is 10.6 Å². The van der Waals surface area contributed by atoms with Crippen molar-refractivity contribution in [2.24, 2.45) is 13.0 Å². The van der Waals surface area contributed by atoms with Gasteiger partial charge in [0.25, 0.3) is 0 Å².